The summed E-state index contributed by atoms with van der Waals surface area (Å²) in [6.45, 7) is 0. The van der Waals surface area contributed by atoms with Crippen LogP contribution in [0.15, 0.2) is 54.6 Å². The maximum absolute atomic E-state index is 10.6. The van der Waals surface area contributed by atoms with E-state index in [1.165, 1.54) is 0 Å². The van der Waals surface area contributed by atoms with Gasteiger partial charge in [0, 0.05) is 5.56 Å². The molecule has 0 saturated carbocycles. The van der Waals surface area contributed by atoms with E-state index in [0.717, 1.165) is 22.3 Å². The van der Waals surface area contributed by atoms with Gasteiger partial charge in [0.25, 0.3) is 0 Å². The normalized spacial score (nSPS) is 10.2. The van der Waals surface area contributed by atoms with Crippen molar-refractivity contribution in [2.45, 2.75) is 12.8 Å². The third kappa shape index (κ3) is 5.82. The summed E-state index contributed by atoms with van der Waals surface area (Å²) in [6, 6.07) is 14.3. The monoisotopic (exact) mass is 320 g/mol. The van der Waals surface area contributed by atoms with Crippen LogP contribution in [0.2, 0.25) is 0 Å². The van der Waals surface area contributed by atoms with Crippen LogP contribution >= 0.6 is 0 Å². The number of carboxylic acid groups (broad SMARTS) is 2. The number of benzene rings is 2. The van der Waals surface area contributed by atoms with Gasteiger partial charge in [0.1, 0.15) is 0 Å². The number of carbonyl (C=O) groups is 2. The molecule has 0 saturated heterocycles. The van der Waals surface area contributed by atoms with Gasteiger partial charge in [0.15, 0.2) is 0 Å². The molecule has 0 aliphatic carbocycles. The maximum Gasteiger partial charge on any atom is 0.307 e. The number of aliphatic carboxylic acids is 2. The van der Waals surface area contributed by atoms with Gasteiger partial charge in [0.2, 0.25) is 0 Å². The molecule has 0 amide bonds. The summed E-state index contributed by atoms with van der Waals surface area (Å²) in [5, 5.41) is 17.4. The molecule has 0 radical (unpaired) electrons. The molecule has 2 aromatic carbocycles. The van der Waals surface area contributed by atoms with Gasteiger partial charge in [-0.1, -0.05) is 48.2 Å². The SMILES string of the molecule is O=C(O)Cc1ccc(C#C/C=C\c2ccc(CC(=O)O)cc2)cc1. The minimum atomic E-state index is -0.855. The molecule has 0 atom stereocenters. The molecule has 0 spiro atoms. The molecular weight excluding hydrogens is 304 g/mol. The number of allylic oxidation sites excluding steroid dienone is 1. The second-order valence-corrected chi connectivity index (χ2v) is 5.18. The highest BCUT2D eigenvalue weighted by atomic mass is 16.4. The smallest absolute Gasteiger partial charge is 0.307 e. The first-order valence-electron chi connectivity index (χ1n) is 7.32. The van der Waals surface area contributed by atoms with Crippen molar-refractivity contribution < 1.29 is 19.8 Å². The van der Waals surface area contributed by atoms with Crippen molar-refractivity contribution in [3.63, 3.8) is 0 Å². The van der Waals surface area contributed by atoms with Crippen molar-refractivity contribution in [3.8, 4) is 11.8 Å². The molecule has 0 bridgehead atoms. The van der Waals surface area contributed by atoms with Crippen molar-refractivity contribution in [3.05, 3.63) is 76.9 Å². The van der Waals surface area contributed by atoms with E-state index in [0.29, 0.717) is 0 Å². The first-order chi connectivity index (χ1) is 11.5. The molecule has 2 aromatic rings. The molecule has 0 heterocycles. The van der Waals surface area contributed by atoms with Crippen LogP contribution in [0.1, 0.15) is 22.3 Å². The number of hydrogen-bond acceptors (Lipinski definition) is 2. The highest BCUT2D eigenvalue weighted by Gasteiger charge is 1.99. The average Bonchev–Trinajstić information content (AvgIpc) is 2.53. The minimum Gasteiger partial charge on any atom is -0.481 e. The Morgan fingerprint density at radius 2 is 1.33 bits per heavy atom. The quantitative estimate of drug-likeness (QED) is 0.831. The van der Waals surface area contributed by atoms with E-state index in [4.69, 9.17) is 10.2 Å². The van der Waals surface area contributed by atoms with E-state index in [2.05, 4.69) is 11.8 Å². The Hall–Kier alpha value is -3.32. The highest BCUT2D eigenvalue weighted by molar-refractivity contribution is 5.70. The van der Waals surface area contributed by atoms with Crippen molar-refractivity contribution in [1.29, 1.82) is 0 Å². The number of hydrogen-bond donors (Lipinski definition) is 2. The molecular formula is C20H16O4. The molecule has 2 rings (SSSR count). The summed E-state index contributed by atoms with van der Waals surface area (Å²) in [6.07, 6.45) is 3.58. The summed E-state index contributed by atoms with van der Waals surface area (Å²) in [4.78, 5) is 21.2. The van der Waals surface area contributed by atoms with E-state index >= 15 is 0 Å². The Morgan fingerprint density at radius 3 is 1.83 bits per heavy atom. The van der Waals surface area contributed by atoms with E-state index < -0.39 is 11.9 Å². The number of carboxylic acids is 2. The highest BCUT2D eigenvalue weighted by Crippen LogP contribution is 2.07. The van der Waals surface area contributed by atoms with Crippen LogP contribution < -0.4 is 0 Å². The van der Waals surface area contributed by atoms with E-state index in [1.54, 1.807) is 42.5 Å². The molecule has 4 heteroatoms. The molecule has 2 N–H and O–H groups in total. The van der Waals surface area contributed by atoms with Crippen LogP contribution in [0.5, 0.6) is 0 Å². The van der Waals surface area contributed by atoms with E-state index in [9.17, 15) is 9.59 Å². The topological polar surface area (TPSA) is 74.6 Å². The van der Waals surface area contributed by atoms with Gasteiger partial charge in [-0.15, -0.1) is 0 Å². The van der Waals surface area contributed by atoms with Crippen molar-refractivity contribution in [2.24, 2.45) is 0 Å². The molecule has 0 aromatic heterocycles. The van der Waals surface area contributed by atoms with Crippen LogP contribution in [-0.4, -0.2) is 22.2 Å². The fraction of sp³-hybridized carbons (Fsp3) is 0.100. The average molecular weight is 320 g/mol. The fourth-order valence-electron chi connectivity index (χ4n) is 2.06. The summed E-state index contributed by atoms with van der Waals surface area (Å²) in [7, 11) is 0. The Balaban J connectivity index is 1.95. The zero-order valence-electron chi connectivity index (χ0n) is 12.9. The van der Waals surface area contributed by atoms with Crippen molar-refractivity contribution in [1.82, 2.24) is 0 Å². The first kappa shape index (κ1) is 17.0. The lowest BCUT2D eigenvalue weighted by Crippen LogP contribution is -1.99. The summed E-state index contributed by atoms with van der Waals surface area (Å²) >= 11 is 0. The van der Waals surface area contributed by atoms with Crippen LogP contribution in [0.25, 0.3) is 6.08 Å². The van der Waals surface area contributed by atoms with Crippen molar-refractivity contribution >= 4 is 18.0 Å². The van der Waals surface area contributed by atoms with Gasteiger partial charge in [-0.2, -0.15) is 0 Å². The zero-order valence-corrected chi connectivity index (χ0v) is 12.9. The largest absolute Gasteiger partial charge is 0.481 e. The summed E-state index contributed by atoms with van der Waals surface area (Å²) < 4.78 is 0. The second kappa shape index (κ2) is 8.35. The Morgan fingerprint density at radius 1 is 0.833 bits per heavy atom. The summed E-state index contributed by atoms with van der Waals surface area (Å²) in [5.41, 5.74) is 3.25. The lowest BCUT2D eigenvalue weighted by atomic mass is 10.1. The lowest BCUT2D eigenvalue weighted by molar-refractivity contribution is -0.137. The van der Waals surface area contributed by atoms with Crippen LogP contribution in [-0.2, 0) is 22.4 Å². The van der Waals surface area contributed by atoms with Gasteiger partial charge in [-0.25, -0.2) is 0 Å². The molecule has 24 heavy (non-hydrogen) atoms. The van der Waals surface area contributed by atoms with Crippen LogP contribution in [0.3, 0.4) is 0 Å². The molecule has 4 nitrogen and oxygen atoms in total. The second-order valence-electron chi connectivity index (χ2n) is 5.18. The third-order valence-corrected chi connectivity index (χ3v) is 3.22. The first-order valence-corrected chi connectivity index (χ1v) is 7.32. The van der Waals surface area contributed by atoms with Gasteiger partial charge in [-0.3, -0.25) is 9.59 Å². The molecule has 120 valence electrons. The predicted molar refractivity (Wildman–Crippen MR) is 91.5 cm³/mol. The lowest BCUT2D eigenvalue weighted by Gasteiger charge is -1.97. The molecule has 0 fully saturated rings. The van der Waals surface area contributed by atoms with Crippen LogP contribution in [0.4, 0.5) is 0 Å². The third-order valence-electron chi connectivity index (χ3n) is 3.22. The van der Waals surface area contributed by atoms with Gasteiger partial charge < -0.3 is 10.2 Å². The summed E-state index contributed by atoms with van der Waals surface area (Å²) in [5.74, 6) is 4.18. The van der Waals surface area contributed by atoms with Gasteiger partial charge >= 0.3 is 11.9 Å². The fourth-order valence-corrected chi connectivity index (χ4v) is 2.06. The van der Waals surface area contributed by atoms with Crippen molar-refractivity contribution in [2.75, 3.05) is 0 Å². The Labute approximate surface area is 140 Å². The Kier molecular flexibility index (Phi) is 5.93. The van der Waals surface area contributed by atoms with E-state index in [-0.39, 0.29) is 12.8 Å². The van der Waals surface area contributed by atoms with Gasteiger partial charge in [-0.05, 0) is 41.0 Å². The molecule has 0 aliphatic heterocycles. The van der Waals surface area contributed by atoms with E-state index in [1.807, 2.05) is 18.2 Å². The maximum atomic E-state index is 10.6. The Bertz CT molecular complexity index is 803. The van der Waals surface area contributed by atoms with Crippen LogP contribution in [0, 0.1) is 11.8 Å². The zero-order chi connectivity index (χ0) is 17.4. The van der Waals surface area contributed by atoms with Gasteiger partial charge in [0.05, 0.1) is 12.8 Å². The molecule has 0 aliphatic rings. The predicted octanol–water partition coefficient (Wildman–Crippen LogP) is 3.01. The standard InChI is InChI=1S/C20H16O4/c21-19(22)13-17-9-5-15(6-10-17)3-1-2-4-16-7-11-18(12-8-16)14-20(23)24/h1,3,5-12H,13-14H2,(H,21,22)(H,23,24)/b3-1-. The number of rotatable bonds is 5. The minimum absolute atomic E-state index is 0.00544. The molecule has 0 unspecified atom stereocenters.